The summed E-state index contributed by atoms with van der Waals surface area (Å²) in [5, 5.41) is 4.53. The monoisotopic (exact) mass is 270 g/mol. The number of aromatic nitrogens is 2. The second kappa shape index (κ2) is 5.29. The van der Waals surface area contributed by atoms with E-state index in [0.717, 1.165) is 5.69 Å². The molecule has 0 bridgehead atoms. The quantitative estimate of drug-likeness (QED) is 0.912. The Balaban J connectivity index is 1.96. The first-order chi connectivity index (χ1) is 9.65. The Kier molecular flexibility index (Phi) is 3.49. The van der Waals surface area contributed by atoms with Gasteiger partial charge in [0, 0.05) is 18.7 Å². The zero-order valence-electron chi connectivity index (χ0n) is 12.2. The number of benzene rings is 1. The van der Waals surface area contributed by atoms with Crippen LogP contribution in [0.2, 0.25) is 0 Å². The van der Waals surface area contributed by atoms with Gasteiger partial charge in [0.2, 0.25) is 0 Å². The smallest absolute Gasteiger partial charge is 0.121 e. The second-order valence-corrected chi connectivity index (χ2v) is 5.74. The van der Waals surface area contributed by atoms with Gasteiger partial charge in [0.05, 0.1) is 5.69 Å². The maximum atomic E-state index is 5.92. The van der Waals surface area contributed by atoms with Crippen LogP contribution in [0.25, 0.3) is 11.3 Å². The summed E-state index contributed by atoms with van der Waals surface area (Å²) in [4.78, 5) is 2.40. The van der Waals surface area contributed by atoms with E-state index in [1.165, 1.54) is 37.1 Å². The van der Waals surface area contributed by atoms with E-state index in [9.17, 15) is 0 Å². The zero-order chi connectivity index (χ0) is 14.1. The summed E-state index contributed by atoms with van der Waals surface area (Å²) in [7, 11) is 4.08. The van der Waals surface area contributed by atoms with Crippen molar-refractivity contribution in [3.8, 4) is 11.3 Å². The average molecular weight is 270 g/mol. The number of piperidine rings is 1. The molecule has 1 fully saturated rings. The van der Waals surface area contributed by atoms with Crippen LogP contribution in [0.4, 0.5) is 5.82 Å². The van der Waals surface area contributed by atoms with Crippen LogP contribution >= 0.6 is 0 Å². The van der Waals surface area contributed by atoms with Gasteiger partial charge in [0.15, 0.2) is 0 Å². The number of nitrogens with zero attached hydrogens (tertiary/aromatic N) is 3. The van der Waals surface area contributed by atoms with Gasteiger partial charge in [-0.3, -0.25) is 4.68 Å². The molecule has 0 spiro atoms. The normalized spacial score (nSPS) is 17.5. The van der Waals surface area contributed by atoms with E-state index in [-0.39, 0.29) is 0 Å². The van der Waals surface area contributed by atoms with Gasteiger partial charge >= 0.3 is 0 Å². The number of hydrogen-bond donors (Lipinski definition) is 1. The molecule has 3 rings (SSSR count). The van der Waals surface area contributed by atoms with E-state index in [1.807, 2.05) is 13.1 Å². The number of nitrogen functional groups attached to an aromatic ring is 1. The van der Waals surface area contributed by atoms with Gasteiger partial charge in [-0.25, -0.2) is 0 Å². The van der Waals surface area contributed by atoms with Crippen molar-refractivity contribution in [2.75, 3.05) is 25.9 Å². The van der Waals surface area contributed by atoms with Gasteiger partial charge in [0.1, 0.15) is 5.82 Å². The van der Waals surface area contributed by atoms with Crippen LogP contribution in [0.15, 0.2) is 30.3 Å². The molecule has 1 aromatic carbocycles. The van der Waals surface area contributed by atoms with Gasteiger partial charge in [-0.05, 0) is 44.5 Å². The van der Waals surface area contributed by atoms with Crippen molar-refractivity contribution in [3.63, 3.8) is 0 Å². The number of anilines is 1. The Morgan fingerprint density at radius 3 is 2.50 bits per heavy atom. The fourth-order valence-corrected chi connectivity index (χ4v) is 3.02. The molecule has 0 atom stereocenters. The van der Waals surface area contributed by atoms with E-state index in [4.69, 9.17) is 5.73 Å². The molecule has 1 aromatic heterocycles. The fourth-order valence-electron chi connectivity index (χ4n) is 3.02. The molecule has 2 aromatic rings. The lowest BCUT2D eigenvalue weighted by molar-refractivity contribution is 0.255. The first-order valence-electron chi connectivity index (χ1n) is 7.22. The third-order valence-corrected chi connectivity index (χ3v) is 4.31. The third kappa shape index (κ3) is 2.43. The van der Waals surface area contributed by atoms with Crippen LogP contribution in [0.3, 0.4) is 0 Å². The van der Waals surface area contributed by atoms with Crippen molar-refractivity contribution in [2.24, 2.45) is 7.05 Å². The van der Waals surface area contributed by atoms with E-state index in [2.05, 4.69) is 41.3 Å². The molecule has 2 heterocycles. The number of hydrogen-bond acceptors (Lipinski definition) is 3. The Hall–Kier alpha value is -1.81. The molecule has 106 valence electrons. The minimum atomic E-state index is 0.630. The predicted molar refractivity (Wildman–Crippen MR) is 82.5 cm³/mol. The minimum absolute atomic E-state index is 0.630. The molecule has 0 amide bonds. The highest BCUT2D eigenvalue weighted by molar-refractivity contribution is 5.67. The summed E-state index contributed by atoms with van der Waals surface area (Å²) >= 11 is 0. The summed E-state index contributed by atoms with van der Waals surface area (Å²) in [5.74, 6) is 1.34. The van der Waals surface area contributed by atoms with Crippen molar-refractivity contribution in [1.82, 2.24) is 14.7 Å². The molecular formula is C16H22N4. The summed E-state index contributed by atoms with van der Waals surface area (Å²) < 4.78 is 1.74. The molecule has 4 nitrogen and oxygen atoms in total. The second-order valence-electron chi connectivity index (χ2n) is 5.74. The topological polar surface area (TPSA) is 47.1 Å². The third-order valence-electron chi connectivity index (χ3n) is 4.31. The average Bonchev–Trinajstić information content (AvgIpc) is 2.79. The number of likely N-dealkylation sites (tertiary alicyclic amines) is 1. The molecule has 1 saturated heterocycles. The summed E-state index contributed by atoms with van der Waals surface area (Å²) in [5.41, 5.74) is 9.55. The Morgan fingerprint density at radius 1 is 1.15 bits per heavy atom. The summed E-state index contributed by atoms with van der Waals surface area (Å²) in [6.45, 7) is 2.34. The van der Waals surface area contributed by atoms with E-state index in [0.29, 0.717) is 11.7 Å². The molecule has 20 heavy (non-hydrogen) atoms. The van der Waals surface area contributed by atoms with Crippen LogP contribution in [-0.2, 0) is 7.05 Å². The molecular weight excluding hydrogens is 248 g/mol. The molecule has 0 unspecified atom stereocenters. The Bertz CT molecular complexity index is 575. The van der Waals surface area contributed by atoms with Crippen LogP contribution in [-0.4, -0.2) is 34.8 Å². The largest absolute Gasteiger partial charge is 0.384 e. The SMILES string of the molecule is CN1CCC(c2ccccc2-c2cc(N)n(C)n2)CC1. The number of aryl methyl sites for hydroxylation is 1. The van der Waals surface area contributed by atoms with Crippen molar-refractivity contribution in [1.29, 1.82) is 0 Å². The lowest BCUT2D eigenvalue weighted by atomic mass is 9.86. The highest BCUT2D eigenvalue weighted by Gasteiger charge is 2.21. The maximum Gasteiger partial charge on any atom is 0.121 e. The molecule has 0 saturated carbocycles. The van der Waals surface area contributed by atoms with Crippen molar-refractivity contribution >= 4 is 5.82 Å². The van der Waals surface area contributed by atoms with Gasteiger partial charge in [-0.15, -0.1) is 0 Å². The number of nitrogens with two attached hydrogens (primary N) is 1. The summed E-state index contributed by atoms with van der Waals surface area (Å²) in [6.07, 6.45) is 2.44. The van der Waals surface area contributed by atoms with Gasteiger partial charge in [0.25, 0.3) is 0 Å². The van der Waals surface area contributed by atoms with Crippen molar-refractivity contribution in [2.45, 2.75) is 18.8 Å². The van der Waals surface area contributed by atoms with Crippen LogP contribution in [0, 0.1) is 0 Å². The highest BCUT2D eigenvalue weighted by atomic mass is 15.3. The van der Waals surface area contributed by atoms with Crippen LogP contribution in [0.5, 0.6) is 0 Å². The lowest BCUT2D eigenvalue weighted by Gasteiger charge is -2.30. The Morgan fingerprint density at radius 2 is 1.85 bits per heavy atom. The van der Waals surface area contributed by atoms with Gasteiger partial charge in [-0.2, -0.15) is 5.10 Å². The molecule has 2 N–H and O–H groups in total. The first kappa shape index (κ1) is 13.2. The highest BCUT2D eigenvalue weighted by Crippen LogP contribution is 2.34. The van der Waals surface area contributed by atoms with E-state index < -0.39 is 0 Å². The van der Waals surface area contributed by atoms with Gasteiger partial charge < -0.3 is 10.6 Å². The first-order valence-corrected chi connectivity index (χ1v) is 7.22. The molecule has 4 heteroatoms. The number of rotatable bonds is 2. The van der Waals surface area contributed by atoms with Crippen molar-refractivity contribution < 1.29 is 0 Å². The van der Waals surface area contributed by atoms with Gasteiger partial charge in [-0.1, -0.05) is 24.3 Å². The van der Waals surface area contributed by atoms with E-state index in [1.54, 1.807) is 4.68 Å². The molecule has 1 aliphatic heterocycles. The molecule has 0 radical (unpaired) electrons. The molecule has 1 aliphatic rings. The Labute approximate surface area is 120 Å². The maximum absolute atomic E-state index is 5.92. The predicted octanol–water partition coefficient (Wildman–Crippen LogP) is 2.48. The minimum Gasteiger partial charge on any atom is -0.384 e. The zero-order valence-corrected chi connectivity index (χ0v) is 12.2. The fraction of sp³-hybridized carbons (Fsp3) is 0.438. The van der Waals surface area contributed by atoms with Crippen molar-refractivity contribution in [3.05, 3.63) is 35.9 Å². The van der Waals surface area contributed by atoms with Crippen LogP contribution < -0.4 is 5.73 Å². The van der Waals surface area contributed by atoms with E-state index >= 15 is 0 Å². The van der Waals surface area contributed by atoms with Crippen LogP contribution in [0.1, 0.15) is 24.3 Å². The molecule has 0 aliphatic carbocycles. The lowest BCUT2D eigenvalue weighted by Crippen LogP contribution is -2.29. The standard InChI is InChI=1S/C16H22N4/c1-19-9-7-12(8-10-19)13-5-3-4-6-14(13)15-11-16(17)20(2)18-15/h3-6,11-12H,7-10,17H2,1-2H3. The summed E-state index contributed by atoms with van der Waals surface area (Å²) in [6, 6.07) is 10.6.